The number of hydrogen-bond donors (Lipinski definition) is 2. The zero-order valence-corrected chi connectivity index (χ0v) is 19.1. The van der Waals surface area contributed by atoms with Crippen molar-refractivity contribution in [3.63, 3.8) is 0 Å². The van der Waals surface area contributed by atoms with Crippen molar-refractivity contribution in [2.75, 3.05) is 32.1 Å². The molecule has 2 N–H and O–H groups in total. The minimum atomic E-state index is -0.745. The maximum atomic E-state index is 12.6. The van der Waals surface area contributed by atoms with E-state index in [0.717, 1.165) is 42.8 Å². The predicted molar refractivity (Wildman–Crippen MR) is 126 cm³/mol. The molecule has 2 heterocycles. The number of amides is 2. The first-order valence-electron chi connectivity index (χ1n) is 11.0. The molecule has 4 rings (SSSR count). The van der Waals surface area contributed by atoms with Crippen molar-refractivity contribution in [3.8, 4) is 5.75 Å². The Bertz CT molecular complexity index is 1220. The molecule has 1 saturated heterocycles. The number of aromatic nitrogens is 2. The monoisotopic (exact) mass is 451 g/mol. The van der Waals surface area contributed by atoms with Crippen molar-refractivity contribution in [1.29, 1.82) is 0 Å². The fourth-order valence-corrected chi connectivity index (χ4v) is 4.38. The van der Waals surface area contributed by atoms with Gasteiger partial charge < -0.3 is 15.4 Å². The first-order valence-corrected chi connectivity index (χ1v) is 11.0. The second kappa shape index (κ2) is 9.50. The average molecular weight is 452 g/mol. The first-order chi connectivity index (χ1) is 15.9. The first kappa shape index (κ1) is 22.6. The summed E-state index contributed by atoms with van der Waals surface area (Å²) in [5, 5.41) is 5.42. The van der Waals surface area contributed by atoms with Crippen LogP contribution in [0.5, 0.6) is 5.75 Å². The number of benzene rings is 2. The number of nitrogens with one attached hydrogen (secondary N) is 2. The normalized spacial score (nSPS) is 14.9. The van der Waals surface area contributed by atoms with Gasteiger partial charge in [-0.25, -0.2) is 4.79 Å². The number of fused-ring (bicyclic) bond motifs is 1. The Morgan fingerprint density at radius 1 is 0.970 bits per heavy atom. The maximum absolute atomic E-state index is 12.6. The number of likely N-dealkylation sites (tertiary alicyclic amines) is 1. The topological polar surface area (TPSA) is 97.6 Å². The summed E-state index contributed by atoms with van der Waals surface area (Å²) in [5.41, 5.74) is 2.79. The smallest absolute Gasteiger partial charge is 0.328 e. The summed E-state index contributed by atoms with van der Waals surface area (Å²) < 4.78 is 8.28. The average Bonchev–Trinajstić information content (AvgIpc) is 3.43. The number of anilines is 1. The molecule has 0 aliphatic carbocycles. The van der Waals surface area contributed by atoms with Gasteiger partial charge in [0.2, 0.25) is 0 Å². The highest BCUT2D eigenvalue weighted by Gasteiger charge is 2.25. The Kier molecular flexibility index (Phi) is 6.50. The largest absolute Gasteiger partial charge is 0.497 e. The molecule has 1 aliphatic heterocycles. The third-order valence-electron chi connectivity index (χ3n) is 6.27. The molecule has 2 aromatic carbocycles. The van der Waals surface area contributed by atoms with E-state index in [-0.39, 0.29) is 11.7 Å². The molecule has 1 aliphatic rings. The lowest BCUT2D eigenvalue weighted by atomic mass is 10.1. The van der Waals surface area contributed by atoms with E-state index >= 15 is 0 Å². The van der Waals surface area contributed by atoms with Crippen molar-refractivity contribution in [2.45, 2.75) is 18.9 Å². The van der Waals surface area contributed by atoms with Gasteiger partial charge in [0.25, 0.3) is 0 Å². The summed E-state index contributed by atoms with van der Waals surface area (Å²) in [5.74, 6) is -0.671. The van der Waals surface area contributed by atoms with Gasteiger partial charge in [-0.1, -0.05) is 12.1 Å². The third kappa shape index (κ3) is 4.63. The van der Waals surface area contributed by atoms with Crippen LogP contribution in [-0.4, -0.2) is 52.6 Å². The molecule has 0 spiro atoms. The molecule has 33 heavy (non-hydrogen) atoms. The fourth-order valence-electron chi connectivity index (χ4n) is 4.38. The number of methoxy groups -OCH3 is 1. The van der Waals surface area contributed by atoms with Gasteiger partial charge in [0.1, 0.15) is 5.75 Å². The Labute approximate surface area is 191 Å². The minimum Gasteiger partial charge on any atom is -0.497 e. The molecule has 174 valence electrons. The number of carbonyl (C=O) groups excluding carboxylic acids is 2. The van der Waals surface area contributed by atoms with E-state index in [1.54, 1.807) is 39.4 Å². The van der Waals surface area contributed by atoms with Crippen LogP contribution < -0.4 is 21.1 Å². The van der Waals surface area contributed by atoms with Gasteiger partial charge in [-0.05, 0) is 61.8 Å². The molecule has 1 fully saturated rings. The molecule has 2 amide bonds. The number of hydrogen-bond acceptors (Lipinski definition) is 5. The van der Waals surface area contributed by atoms with E-state index < -0.39 is 11.8 Å². The van der Waals surface area contributed by atoms with Crippen LogP contribution in [-0.2, 0) is 23.7 Å². The Balaban J connectivity index is 1.43. The summed E-state index contributed by atoms with van der Waals surface area (Å²) in [4.78, 5) is 39.5. The lowest BCUT2D eigenvalue weighted by Gasteiger charge is -2.28. The summed E-state index contributed by atoms with van der Waals surface area (Å²) in [6, 6.07) is 12.9. The number of imidazole rings is 1. The number of nitrogens with zero attached hydrogens (tertiary/aromatic N) is 3. The van der Waals surface area contributed by atoms with Crippen molar-refractivity contribution in [2.24, 2.45) is 14.1 Å². The second-order valence-corrected chi connectivity index (χ2v) is 8.30. The van der Waals surface area contributed by atoms with Crippen LogP contribution in [0.25, 0.3) is 11.0 Å². The van der Waals surface area contributed by atoms with E-state index in [9.17, 15) is 14.4 Å². The molecule has 3 aromatic rings. The van der Waals surface area contributed by atoms with Crippen molar-refractivity contribution in [3.05, 3.63) is 58.5 Å². The molecule has 0 radical (unpaired) electrons. The highest BCUT2D eigenvalue weighted by atomic mass is 16.5. The van der Waals surface area contributed by atoms with Gasteiger partial charge in [0.05, 0.1) is 24.2 Å². The Hall–Kier alpha value is -3.59. The van der Waals surface area contributed by atoms with E-state index in [1.807, 2.05) is 24.3 Å². The molecule has 0 saturated carbocycles. The molecule has 9 nitrogen and oxygen atoms in total. The molecular weight excluding hydrogens is 422 g/mol. The molecule has 9 heteroatoms. The number of rotatable bonds is 6. The SMILES string of the molecule is COc1ccc(C(CNC(=O)C(=O)Nc2ccc3c(c2)n(C)c(=O)n3C)N2CCCC2)cc1. The van der Waals surface area contributed by atoms with Crippen LogP contribution in [0, 0.1) is 0 Å². The Morgan fingerprint density at radius 2 is 1.64 bits per heavy atom. The molecule has 1 aromatic heterocycles. The summed E-state index contributed by atoms with van der Waals surface area (Å²) in [6.45, 7) is 2.23. The van der Waals surface area contributed by atoms with Crippen LogP contribution in [0.3, 0.4) is 0 Å². The third-order valence-corrected chi connectivity index (χ3v) is 6.27. The van der Waals surface area contributed by atoms with Crippen LogP contribution >= 0.6 is 0 Å². The second-order valence-electron chi connectivity index (χ2n) is 8.30. The summed E-state index contributed by atoms with van der Waals surface area (Å²) in [7, 11) is 4.98. The maximum Gasteiger partial charge on any atom is 0.328 e. The molecule has 1 unspecified atom stereocenters. The lowest BCUT2D eigenvalue weighted by molar-refractivity contribution is -0.136. The van der Waals surface area contributed by atoms with Crippen LogP contribution in [0.4, 0.5) is 5.69 Å². The van der Waals surface area contributed by atoms with Gasteiger partial charge in [0.15, 0.2) is 0 Å². The predicted octanol–water partition coefficient (Wildman–Crippen LogP) is 1.78. The van der Waals surface area contributed by atoms with Gasteiger partial charge in [0, 0.05) is 26.3 Å². The highest BCUT2D eigenvalue weighted by Crippen LogP contribution is 2.26. The van der Waals surface area contributed by atoms with E-state index in [2.05, 4.69) is 15.5 Å². The summed E-state index contributed by atoms with van der Waals surface area (Å²) >= 11 is 0. The summed E-state index contributed by atoms with van der Waals surface area (Å²) in [6.07, 6.45) is 2.23. The lowest BCUT2D eigenvalue weighted by Crippen LogP contribution is -2.41. The standard InChI is InChI=1S/C24H29N5O4/c1-27-19-11-8-17(14-20(19)28(2)24(27)32)26-23(31)22(30)25-15-21(29-12-4-5-13-29)16-6-9-18(33-3)10-7-16/h6-11,14,21H,4-5,12-13,15H2,1-3H3,(H,25,30)(H,26,31). The van der Waals surface area contributed by atoms with Gasteiger partial charge in [-0.3, -0.25) is 23.6 Å². The van der Waals surface area contributed by atoms with Crippen LogP contribution in [0.1, 0.15) is 24.4 Å². The van der Waals surface area contributed by atoms with Crippen molar-refractivity contribution < 1.29 is 14.3 Å². The van der Waals surface area contributed by atoms with Gasteiger partial charge in [-0.2, -0.15) is 0 Å². The van der Waals surface area contributed by atoms with Gasteiger partial charge in [-0.15, -0.1) is 0 Å². The molecule has 1 atom stereocenters. The Morgan fingerprint density at radius 3 is 2.30 bits per heavy atom. The quantitative estimate of drug-likeness (QED) is 0.557. The van der Waals surface area contributed by atoms with E-state index in [1.165, 1.54) is 9.13 Å². The zero-order valence-electron chi connectivity index (χ0n) is 19.1. The fraction of sp³-hybridized carbons (Fsp3) is 0.375. The van der Waals surface area contributed by atoms with Crippen molar-refractivity contribution in [1.82, 2.24) is 19.4 Å². The number of aryl methyl sites for hydroxylation is 2. The number of carbonyl (C=O) groups is 2. The molecular formula is C24H29N5O4. The van der Waals surface area contributed by atoms with E-state index in [4.69, 9.17) is 4.74 Å². The number of ether oxygens (including phenoxy) is 1. The molecule has 0 bridgehead atoms. The van der Waals surface area contributed by atoms with Crippen molar-refractivity contribution >= 4 is 28.5 Å². The highest BCUT2D eigenvalue weighted by molar-refractivity contribution is 6.39. The van der Waals surface area contributed by atoms with Crippen LogP contribution in [0.2, 0.25) is 0 Å². The van der Waals surface area contributed by atoms with E-state index in [0.29, 0.717) is 17.7 Å². The van der Waals surface area contributed by atoms with Gasteiger partial charge >= 0.3 is 17.5 Å². The van der Waals surface area contributed by atoms with Crippen LogP contribution in [0.15, 0.2) is 47.3 Å². The minimum absolute atomic E-state index is 0.0228. The zero-order chi connectivity index (χ0) is 23.5.